The number of hydrogen-bond acceptors (Lipinski definition) is 6. The normalized spacial score (nSPS) is 10.6. The van der Waals surface area contributed by atoms with E-state index in [9.17, 15) is 18.4 Å². The summed E-state index contributed by atoms with van der Waals surface area (Å²) < 4.78 is 37.9. The zero-order valence-electron chi connectivity index (χ0n) is 16.4. The second kappa shape index (κ2) is 9.00. The van der Waals surface area contributed by atoms with Crippen LogP contribution in [-0.2, 0) is 11.2 Å². The van der Waals surface area contributed by atoms with Gasteiger partial charge in [-0.15, -0.1) is 0 Å². The first-order valence-electron chi connectivity index (χ1n) is 8.91. The van der Waals surface area contributed by atoms with E-state index >= 15 is 0 Å². The lowest BCUT2D eigenvalue weighted by Crippen LogP contribution is -2.16. The van der Waals surface area contributed by atoms with Gasteiger partial charge in [-0.25, -0.2) is 18.6 Å². The molecule has 2 aromatic carbocycles. The minimum absolute atomic E-state index is 0.00271. The standard InChI is InChI=1S/C21H18F2N2O4S/c1-4-11-8-9-12(28-2)10-13(11)18-17(20(27)29-3)24-21(30-18)25-19(26)16-14(22)6-5-7-15(16)23/h5-10H,4H2,1-3H3,(H,24,25,26). The molecule has 156 valence electrons. The minimum atomic E-state index is -1.01. The number of carbonyl (C=O) groups is 2. The molecule has 1 heterocycles. The largest absolute Gasteiger partial charge is 0.497 e. The molecule has 3 aromatic rings. The number of rotatable bonds is 6. The Labute approximate surface area is 175 Å². The molecule has 0 bridgehead atoms. The summed E-state index contributed by atoms with van der Waals surface area (Å²) in [7, 11) is 2.73. The fourth-order valence-electron chi connectivity index (χ4n) is 2.87. The summed E-state index contributed by atoms with van der Waals surface area (Å²) in [5.74, 6) is -3.14. The maximum absolute atomic E-state index is 13.9. The van der Waals surface area contributed by atoms with Crippen molar-refractivity contribution in [3.8, 4) is 16.2 Å². The highest BCUT2D eigenvalue weighted by Crippen LogP contribution is 2.38. The van der Waals surface area contributed by atoms with Crippen molar-refractivity contribution in [2.45, 2.75) is 13.3 Å². The monoisotopic (exact) mass is 432 g/mol. The molecule has 0 aliphatic carbocycles. The Balaban J connectivity index is 2.07. The molecule has 1 aromatic heterocycles. The number of nitrogens with one attached hydrogen (secondary N) is 1. The lowest BCUT2D eigenvalue weighted by molar-refractivity contribution is 0.0595. The highest BCUT2D eigenvalue weighted by molar-refractivity contribution is 7.19. The van der Waals surface area contributed by atoms with Gasteiger partial charge >= 0.3 is 5.97 Å². The average molecular weight is 432 g/mol. The molecule has 6 nitrogen and oxygen atoms in total. The van der Waals surface area contributed by atoms with Crippen molar-refractivity contribution < 1.29 is 27.8 Å². The molecule has 0 unspecified atom stereocenters. The topological polar surface area (TPSA) is 77.5 Å². The molecule has 0 aliphatic heterocycles. The van der Waals surface area contributed by atoms with Crippen LogP contribution in [0.3, 0.4) is 0 Å². The van der Waals surface area contributed by atoms with E-state index in [4.69, 9.17) is 9.47 Å². The zero-order valence-corrected chi connectivity index (χ0v) is 17.2. The molecule has 30 heavy (non-hydrogen) atoms. The summed E-state index contributed by atoms with van der Waals surface area (Å²) in [6, 6.07) is 8.53. The molecule has 1 N–H and O–H groups in total. The van der Waals surface area contributed by atoms with Gasteiger partial charge in [-0.1, -0.05) is 30.4 Å². The Morgan fingerprint density at radius 1 is 1.13 bits per heavy atom. The number of esters is 1. The lowest BCUT2D eigenvalue weighted by atomic mass is 10.0. The highest BCUT2D eigenvalue weighted by atomic mass is 32.1. The van der Waals surface area contributed by atoms with Crippen LogP contribution in [0.25, 0.3) is 10.4 Å². The number of hydrogen-bond donors (Lipinski definition) is 1. The summed E-state index contributed by atoms with van der Waals surface area (Å²) in [6.07, 6.45) is 0.667. The van der Waals surface area contributed by atoms with E-state index in [1.807, 2.05) is 13.0 Å². The van der Waals surface area contributed by atoms with E-state index in [1.165, 1.54) is 14.2 Å². The van der Waals surface area contributed by atoms with Gasteiger partial charge in [0.1, 0.15) is 22.9 Å². The van der Waals surface area contributed by atoms with Crippen LogP contribution in [0.15, 0.2) is 36.4 Å². The van der Waals surface area contributed by atoms with Crippen LogP contribution in [0.4, 0.5) is 13.9 Å². The van der Waals surface area contributed by atoms with E-state index in [0.717, 1.165) is 35.1 Å². The third-order valence-corrected chi connectivity index (χ3v) is 5.36. The number of anilines is 1. The molecule has 0 radical (unpaired) electrons. The molecule has 0 fully saturated rings. The Morgan fingerprint density at radius 3 is 2.43 bits per heavy atom. The molecule has 0 aliphatic rings. The van der Waals surface area contributed by atoms with Crippen LogP contribution < -0.4 is 10.1 Å². The molecule has 1 amide bonds. The van der Waals surface area contributed by atoms with Crippen LogP contribution in [0.1, 0.15) is 33.3 Å². The van der Waals surface area contributed by atoms with Crippen molar-refractivity contribution in [2.24, 2.45) is 0 Å². The number of halogens is 2. The number of ether oxygens (including phenoxy) is 2. The predicted molar refractivity (Wildman–Crippen MR) is 109 cm³/mol. The molecule has 0 saturated heterocycles. The first kappa shape index (κ1) is 21.4. The first-order chi connectivity index (χ1) is 14.4. The average Bonchev–Trinajstić information content (AvgIpc) is 3.16. The molecule has 3 rings (SSSR count). The Bertz CT molecular complexity index is 1090. The third kappa shape index (κ3) is 4.16. The predicted octanol–water partition coefficient (Wildman–Crippen LogP) is 4.70. The summed E-state index contributed by atoms with van der Waals surface area (Å²) in [5.41, 5.74) is 0.856. The van der Waals surface area contributed by atoms with E-state index in [1.54, 1.807) is 12.1 Å². The van der Waals surface area contributed by atoms with Crippen molar-refractivity contribution >= 4 is 28.3 Å². The van der Waals surface area contributed by atoms with Crippen molar-refractivity contribution in [3.63, 3.8) is 0 Å². The van der Waals surface area contributed by atoms with E-state index in [0.29, 0.717) is 22.6 Å². The van der Waals surface area contributed by atoms with Crippen molar-refractivity contribution in [3.05, 3.63) is 64.9 Å². The third-order valence-electron chi connectivity index (χ3n) is 4.36. The smallest absolute Gasteiger partial charge is 0.358 e. The molecular formula is C21H18F2N2O4S. The Kier molecular flexibility index (Phi) is 6.41. The van der Waals surface area contributed by atoms with Gasteiger partial charge in [0.15, 0.2) is 10.8 Å². The number of thiazole rings is 1. The van der Waals surface area contributed by atoms with Crippen LogP contribution in [-0.4, -0.2) is 31.1 Å². The number of carbonyl (C=O) groups excluding carboxylic acids is 2. The fraction of sp³-hybridized carbons (Fsp3) is 0.190. The van der Waals surface area contributed by atoms with Gasteiger partial charge in [-0.05, 0) is 36.2 Å². The number of aromatic nitrogens is 1. The minimum Gasteiger partial charge on any atom is -0.497 e. The Morgan fingerprint density at radius 2 is 1.83 bits per heavy atom. The van der Waals surface area contributed by atoms with Crippen LogP contribution in [0.5, 0.6) is 5.75 Å². The summed E-state index contributed by atoms with van der Waals surface area (Å²) in [5, 5.41) is 2.37. The highest BCUT2D eigenvalue weighted by Gasteiger charge is 2.25. The van der Waals surface area contributed by atoms with E-state index in [-0.39, 0.29) is 10.8 Å². The molecule has 0 saturated carbocycles. The number of methoxy groups -OCH3 is 2. The van der Waals surface area contributed by atoms with Crippen LogP contribution in [0, 0.1) is 11.6 Å². The van der Waals surface area contributed by atoms with Crippen LogP contribution in [0.2, 0.25) is 0 Å². The summed E-state index contributed by atoms with van der Waals surface area (Å²) in [6.45, 7) is 1.95. The fourth-order valence-corrected chi connectivity index (χ4v) is 3.87. The summed E-state index contributed by atoms with van der Waals surface area (Å²) in [4.78, 5) is 29.3. The van der Waals surface area contributed by atoms with Gasteiger partial charge in [0.05, 0.1) is 19.1 Å². The second-order valence-electron chi connectivity index (χ2n) is 6.12. The number of benzene rings is 2. The number of amides is 1. The van der Waals surface area contributed by atoms with Crippen molar-refractivity contribution in [2.75, 3.05) is 19.5 Å². The molecule has 0 atom stereocenters. The van der Waals surface area contributed by atoms with Gasteiger partial charge in [0, 0.05) is 5.56 Å². The van der Waals surface area contributed by atoms with Gasteiger partial charge in [-0.2, -0.15) is 0 Å². The van der Waals surface area contributed by atoms with E-state index in [2.05, 4.69) is 10.3 Å². The molecule has 9 heteroatoms. The first-order valence-corrected chi connectivity index (χ1v) is 9.73. The quantitative estimate of drug-likeness (QED) is 0.572. The molecular weight excluding hydrogens is 414 g/mol. The van der Waals surface area contributed by atoms with Gasteiger partial charge < -0.3 is 9.47 Å². The van der Waals surface area contributed by atoms with Crippen LogP contribution >= 0.6 is 11.3 Å². The summed E-state index contributed by atoms with van der Waals surface area (Å²) >= 11 is 0.995. The zero-order chi connectivity index (χ0) is 21.8. The molecule has 0 spiro atoms. The SMILES string of the molecule is CCc1ccc(OC)cc1-c1sc(NC(=O)c2c(F)cccc2F)nc1C(=O)OC. The Hall–Kier alpha value is -3.33. The van der Waals surface area contributed by atoms with Gasteiger partial charge in [-0.3, -0.25) is 10.1 Å². The van der Waals surface area contributed by atoms with Crippen molar-refractivity contribution in [1.29, 1.82) is 0 Å². The van der Waals surface area contributed by atoms with Gasteiger partial charge in [0.2, 0.25) is 0 Å². The number of aryl methyl sites for hydroxylation is 1. The van der Waals surface area contributed by atoms with Crippen molar-refractivity contribution in [1.82, 2.24) is 4.98 Å². The van der Waals surface area contributed by atoms with E-state index < -0.39 is 29.1 Å². The van der Waals surface area contributed by atoms with Gasteiger partial charge in [0.25, 0.3) is 5.91 Å². The second-order valence-corrected chi connectivity index (χ2v) is 7.11. The lowest BCUT2D eigenvalue weighted by Gasteiger charge is -2.09. The maximum Gasteiger partial charge on any atom is 0.358 e. The number of nitrogens with zero attached hydrogens (tertiary/aromatic N) is 1. The maximum atomic E-state index is 13.9.